The second-order valence-electron chi connectivity index (χ2n) is 6.82. The van der Waals surface area contributed by atoms with E-state index in [1.807, 2.05) is 85.3 Å². The van der Waals surface area contributed by atoms with E-state index in [-0.39, 0.29) is 0 Å². The molecule has 0 N–H and O–H groups in total. The summed E-state index contributed by atoms with van der Waals surface area (Å²) in [6.07, 6.45) is 3.64. The first-order valence-corrected chi connectivity index (χ1v) is 21.2. The quantitative estimate of drug-likeness (QED) is 0.198. The average molecular weight is 613 g/mol. The third-order valence-corrected chi connectivity index (χ3v) is 11.8. The summed E-state index contributed by atoms with van der Waals surface area (Å²) in [6, 6.07) is 20.3. The van der Waals surface area contributed by atoms with Gasteiger partial charge >= 0.3 is 6.00 Å². The minimum atomic E-state index is -2.96. The lowest BCUT2D eigenvalue weighted by molar-refractivity contribution is 1.26. The molecule has 0 aromatic heterocycles. The standard InChI is InChI=1S/C20H18Cl7NS2Si/c1-29(21,22)18-9-3-15(4-10-18)28(16-5-11-19(12-6-16)30(2,23)24)17-7-13-20(14-8-17)31(25,26)27/h3-14H,1-2H3. The molecule has 0 aliphatic rings. The van der Waals surface area contributed by atoms with Crippen LogP contribution in [0.2, 0.25) is 0 Å². The van der Waals surface area contributed by atoms with Crippen molar-refractivity contribution in [3.8, 4) is 0 Å². The predicted molar refractivity (Wildman–Crippen MR) is 151 cm³/mol. The van der Waals surface area contributed by atoms with Crippen molar-refractivity contribution in [2.75, 3.05) is 17.4 Å². The van der Waals surface area contributed by atoms with Gasteiger partial charge in [-0.25, -0.2) is 0 Å². The van der Waals surface area contributed by atoms with Crippen LogP contribution in [0.15, 0.2) is 82.6 Å². The zero-order valence-electron chi connectivity index (χ0n) is 16.3. The Bertz CT molecular complexity index is 889. The van der Waals surface area contributed by atoms with Gasteiger partial charge in [0.15, 0.2) is 0 Å². The second-order valence-corrected chi connectivity index (χ2v) is 27.4. The van der Waals surface area contributed by atoms with Gasteiger partial charge in [-0.05, 0) is 121 Å². The number of hydrogen-bond acceptors (Lipinski definition) is 1. The molecule has 31 heavy (non-hydrogen) atoms. The Kier molecular flexibility index (Phi) is 8.35. The molecule has 0 amide bonds. The summed E-state index contributed by atoms with van der Waals surface area (Å²) < 4.78 is 0. The van der Waals surface area contributed by atoms with Gasteiger partial charge in [0.2, 0.25) is 0 Å². The van der Waals surface area contributed by atoms with Crippen LogP contribution >= 0.6 is 92.9 Å². The van der Waals surface area contributed by atoms with Crippen molar-refractivity contribution in [3.63, 3.8) is 0 Å². The van der Waals surface area contributed by atoms with Crippen LogP contribution in [-0.4, -0.2) is 18.5 Å². The zero-order chi connectivity index (χ0) is 23.0. The van der Waals surface area contributed by atoms with E-state index >= 15 is 0 Å². The van der Waals surface area contributed by atoms with E-state index < -0.39 is 22.9 Å². The van der Waals surface area contributed by atoms with E-state index in [2.05, 4.69) is 4.90 Å². The van der Waals surface area contributed by atoms with Gasteiger partial charge in [0.25, 0.3) is 0 Å². The van der Waals surface area contributed by atoms with Gasteiger partial charge in [0.1, 0.15) is 0 Å². The molecule has 3 rings (SSSR count). The smallest absolute Gasteiger partial charge is 0.311 e. The van der Waals surface area contributed by atoms with Gasteiger partial charge < -0.3 is 4.90 Å². The maximum absolute atomic E-state index is 6.32. The number of hydrogen-bond donors (Lipinski definition) is 0. The van der Waals surface area contributed by atoms with Gasteiger partial charge in [-0.3, -0.25) is 0 Å². The Balaban J connectivity index is 2.08. The van der Waals surface area contributed by atoms with Crippen LogP contribution in [-0.2, 0) is 0 Å². The minimum absolute atomic E-state index is 0.721. The summed E-state index contributed by atoms with van der Waals surface area (Å²) in [5.74, 6) is 0. The van der Waals surface area contributed by atoms with E-state index in [0.29, 0.717) is 0 Å². The highest BCUT2D eigenvalue weighted by Gasteiger charge is 2.28. The van der Waals surface area contributed by atoms with Crippen LogP contribution in [0.3, 0.4) is 0 Å². The highest BCUT2D eigenvalue weighted by Crippen LogP contribution is 2.63. The molecular formula is C20H18Cl7NS2Si. The van der Waals surface area contributed by atoms with Crippen molar-refractivity contribution >= 4 is 121 Å². The van der Waals surface area contributed by atoms with Crippen LogP contribution < -0.4 is 10.1 Å². The Labute approximate surface area is 219 Å². The normalized spacial score (nSPS) is 13.7. The maximum atomic E-state index is 6.32. The fraction of sp³-hybridized carbons (Fsp3) is 0.100. The molecule has 0 unspecified atom stereocenters. The zero-order valence-corrected chi connectivity index (χ0v) is 24.3. The summed E-state index contributed by atoms with van der Waals surface area (Å²) in [7, 11) is 21.6. The van der Waals surface area contributed by atoms with E-state index in [1.165, 1.54) is 0 Å². The molecule has 0 fully saturated rings. The number of halogens is 7. The summed E-state index contributed by atoms with van der Waals surface area (Å²) >= 11 is 18.5. The first-order valence-electron chi connectivity index (χ1n) is 8.79. The van der Waals surface area contributed by atoms with E-state index in [4.69, 9.17) is 76.0 Å². The molecule has 168 valence electrons. The van der Waals surface area contributed by atoms with Crippen LogP contribution in [0.25, 0.3) is 0 Å². The summed E-state index contributed by atoms with van der Waals surface area (Å²) in [4.78, 5) is 3.86. The highest BCUT2D eigenvalue weighted by atomic mass is 36.0. The van der Waals surface area contributed by atoms with Gasteiger partial charge in [0.05, 0.1) is 0 Å². The largest absolute Gasteiger partial charge is 0.372 e. The Hall–Kier alpha value is 0.407. The van der Waals surface area contributed by atoms with Gasteiger partial charge in [0, 0.05) is 26.9 Å². The maximum Gasteiger partial charge on any atom is 0.372 e. The molecule has 0 saturated carbocycles. The lowest BCUT2D eigenvalue weighted by Gasteiger charge is -2.28. The summed E-state index contributed by atoms with van der Waals surface area (Å²) in [5, 5.41) is 0.721. The molecule has 0 aliphatic carbocycles. The Morgan fingerprint density at radius 1 is 0.548 bits per heavy atom. The topological polar surface area (TPSA) is 3.24 Å². The van der Waals surface area contributed by atoms with Crippen molar-refractivity contribution in [2.24, 2.45) is 0 Å². The number of nitrogens with zero attached hydrogens (tertiary/aromatic N) is 1. The second kappa shape index (κ2) is 9.95. The van der Waals surface area contributed by atoms with Crippen molar-refractivity contribution in [1.29, 1.82) is 0 Å². The summed E-state index contributed by atoms with van der Waals surface area (Å²) in [5.41, 5.74) is 2.77. The lowest BCUT2D eigenvalue weighted by atomic mass is 10.2. The molecular weight excluding hydrogens is 595 g/mol. The number of benzene rings is 3. The Morgan fingerprint density at radius 2 is 0.839 bits per heavy atom. The fourth-order valence-corrected chi connectivity index (χ4v) is 7.06. The van der Waals surface area contributed by atoms with E-state index in [9.17, 15) is 0 Å². The molecule has 0 aliphatic heterocycles. The van der Waals surface area contributed by atoms with Crippen LogP contribution in [0.1, 0.15) is 0 Å². The monoisotopic (exact) mass is 609 g/mol. The molecule has 0 atom stereocenters. The third kappa shape index (κ3) is 6.72. The number of rotatable bonds is 6. The van der Waals surface area contributed by atoms with Crippen molar-refractivity contribution in [2.45, 2.75) is 9.79 Å². The van der Waals surface area contributed by atoms with Crippen molar-refractivity contribution < 1.29 is 0 Å². The number of anilines is 3. The lowest BCUT2D eigenvalue weighted by Crippen LogP contribution is -2.29. The predicted octanol–water partition coefficient (Wildman–Crippen LogP) is 10.2. The molecule has 0 heterocycles. The average Bonchev–Trinajstić information content (AvgIpc) is 2.67. The van der Waals surface area contributed by atoms with E-state index in [1.54, 1.807) is 0 Å². The summed E-state index contributed by atoms with van der Waals surface area (Å²) in [6.45, 7) is 0. The first kappa shape index (κ1) is 26.0. The molecule has 1 nitrogen and oxygen atoms in total. The molecule has 0 saturated heterocycles. The molecule has 0 spiro atoms. The molecule has 3 aromatic rings. The highest BCUT2D eigenvalue weighted by molar-refractivity contribution is 8.65. The van der Waals surface area contributed by atoms with Crippen molar-refractivity contribution in [1.82, 2.24) is 0 Å². The SMILES string of the molecule is CS(Cl)(Cl)c1ccc(N(c2ccc([Si](Cl)(Cl)Cl)cc2)c2ccc(S(C)(Cl)Cl)cc2)cc1. The van der Waals surface area contributed by atoms with Crippen LogP contribution in [0.5, 0.6) is 0 Å². The van der Waals surface area contributed by atoms with Gasteiger partial charge in [-0.2, -0.15) is 0 Å². The first-order chi connectivity index (χ1) is 14.3. The minimum Gasteiger partial charge on any atom is -0.311 e. The van der Waals surface area contributed by atoms with Crippen LogP contribution in [0, 0.1) is 0 Å². The van der Waals surface area contributed by atoms with Crippen LogP contribution in [0.4, 0.5) is 17.1 Å². The van der Waals surface area contributed by atoms with Crippen molar-refractivity contribution in [3.05, 3.63) is 72.8 Å². The Morgan fingerprint density at radius 3 is 1.10 bits per heavy atom. The molecule has 0 radical (unpaired) electrons. The fourth-order valence-electron chi connectivity index (χ4n) is 2.92. The molecule has 11 heteroatoms. The van der Waals surface area contributed by atoms with Gasteiger partial charge in [-0.1, -0.05) is 29.0 Å². The van der Waals surface area contributed by atoms with Gasteiger partial charge in [-0.15, -0.1) is 33.2 Å². The third-order valence-electron chi connectivity index (χ3n) is 4.47. The van der Waals surface area contributed by atoms with E-state index in [0.717, 1.165) is 32.0 Å². The molecule has 3 aromatic carbocycles. The molecule has 0 bridgehead atoms.